The zero-order chi connectivity index (χ0) is 16.8. The summed E-state index contributed by atoms with van der Waals surface area (Å²) in [5.74, 6) is 1.41. The van der Waals surface area contributed by atoms with Gasteiger partial charge in [0.25, 0.3) is 0 Å². The summed E-state index contributed by atoms with van der Waals surface area (Å²) in [6.07, 6.45) is 3.85. The van der Waals surface area contributed by atoms with Crippen LogP contribution in [-0.2, 0) is 24.4 Å². The normalized spacial score (nSPS) is 13.4. The maximum atomic E-state index is 12.1. The quantitative estimate of drug-likeness (QED) is 0.405. The smallest absolute Gasteiger partial charge is 0.193 e. The monoisotopic (exact) mass is 455 g/mol. The van der Waals surface area contributed by atoms with Crippen molar-refractivity contribution in [3.63, 3.8) is 0 Å². The van der Waals surface area contributed by atoms with Crippen LogP contribution in [0.25, 0.3) is 0 Å². The molecule has 1 N–H and O–H groups in total. The molecule has 0 aromatic carbocycles. The lowest BCUT2D eigenvalue weighted by Crippen LogP contribution is -2.38. The van der Waals surface area contributed by atoms with Gasteiger partial charge in [-0.2, -0.15) is 5.10 Å². The van der Waals surface area contributed by atoms with Gasteiger partial charge in [0.05, 0.1) is 12.7 Å². The number of rotatable bonds is 6. The minimum absolute atomic E-state index is 0. The fraction of sp³-hybridized carbons (Fsp3) is 0.733. The van der Waals surface area contributed by atoms with Crippen molar-refractivity contribution in [2.24, 2.45) is 12.0 Å². The average molecular weight is 455 g/mol. The Balaban J connectivity index is 0.00000484. The van der Waals surface area contributed by atoms with E-state index in [9.17, 15) is 4.21 Å². The summed E-state index contributed by atoms with van der Waals surface area (Å²) in [5.41, 5.74) is 1.13. The molecule has 1 heterocycles. The maximum Gasteiger partial charge on any atom is 0.193 e. The predicted octanol–water partition coefficient (Wildman–Crippen LogP) is 1.98. The summed E-state index contributed by atoms with van der Waals surface area (Å²) < 4.78 is 13.7. The fourth-order valence-electron chi connectivity index (χ4n) is 1.91. The van der Waals surface area contributed by atoms with Crippen LogP contribution in [0.5, 0.6) is 0 Å². The maximum absolute atomic E-state index is 12.1. The van der Waals surface area contributed by atoms with Crippen molar-refractivity contribution in [3.05, 3.63) is 18.0 Å². The number of aryl methyl sites for hydroxylation is 1. The second-order valence-electron chi connectivity index (χ2n) is 6.28. The van der Waals surface area contributed by atoms with Gasteiger partial charge in [-0.15, -0.1) is 24.0 Å². The van der Waals surface area contributed by atoms with Gasteiger partial charge in [0.2, 0.25) is 0 Å². The van der Waals surface area contributed by atoms with Gasteiger partial charge in [0, 0.05) is 60.2 Å². The van der Waals surface area contributed by atoms with Crippen LogP contribution in [0.1, 0.15) is 33.3 Å². The van der Waals surface area contributed by atoms with E-state index in [1.807, 2.05) is 54.2 Å². The highest BCUT2D eigenvalue weighted by molar-refractivity contribution is 14.0. The lowest BCUT2D eigenvalue weighted by atomic mass is 10.3. The molecule has 0 fully saturated rings. The van der Waals surface area contributed by atoms with Crippen molar-refractivity contribution >= 4 is 40.7 Å². The molecule has 0 spiro atoms. The minimum atomic E-state index is -0.872. The lowest BCUT2D eigenvalue weighted by molar-refractivity contribution is 0.477. The van der Waals surface area contributed by atoms with Gasteiger partial charge >= 0.3 is 0 Å². The van der Waals surface area contributed by atoms with Crippen molar-refractivity contribution in [2.75, 3.05) is 25.9 Å². The Bertz CT molecular complexity index is 524. The number of halogens is 1. The third-order valence-electron chi connectivity index (χ3n) is 3.10. The number of aliphatic imine (C=N–C) groups is 1. The molecule has 0 aliphatic heterocycles. The first-order valence-electron chi connectivity index (χ1n) is 7.59. The first-order chi connectivity index (χ1) is 10.2. The molecule has 0 saturated carbocycles. The van der Waals surface area contributed by atoms with Crippen molar-refractivity contribution < 1.29 is 4.21 Å². The molecule has 134 valence electrons. The Morgan fingerprint density at radius 2 is 2.13 bits per heavy atom. The molecule has 1 unspecified atom stereocenters. The molecule has 0 aliphatic rings. The molecule has 1 rings (SSSR count). The molecule has 1 aromatic rings. The van der Waals surface area contributed by atoms with Crippen LogP contribution < -0.4 is 5.32 Å². The topological polar surface area (TPSA) is 62.5 Å². The predicted molar refractivity (Wildman–Crippen MR) is 109 cm³/mol. The molecular formula is C15H30IN5OS. The first kappa shape index (κ1) is 22.4. The van der Waals surface area contributed by atoms with Gasteiger partial charge in [-0.3, -0.25) is 13.9 Å². The molecule has 1 atom stereocenters. The second-order valence-corrected chi connectivity index (χ2v) is 8.60. The van der Waals surface area contributed by atoms with Gasteiger partial charge in [-0.25, -0.2) is 0 Å². The van der Waals surface area contributed by atoms with E-state index >= 15 is 0 Å². The Morgan fingerprint density at radius 3 is 2.61 bits per heavy atom. The van der Waals surface area contributed by atoms with Crippen molar-refractivity contribution in [2.45, 2.75) is 39.0 Å². The van der Waals surface area contributed by atoms with Crippen LogP contribution in [-0.4, -0.2) is 55.5 Å². The van der Waals surface area contributed by atoms with Crippen molar-refractivity contribution in [1.82, 2.24) is 20.0 Å². The molecule has 8 heteroatoms. The summed E-state index contributed by atoms with van der Waals surface area (Å²) in [5, 5.41) is 7.45. The van der Waals surface area contributed by atoms with E-state index in [1.165, 1.54) is 0 Å². The van der Waals surface area contributed by atoms with Crippen LogP contribution in [0.4, 0.5) is 0 Å². The van der Waals surface area contributed by atoms with E-state index in [1.54, 1.807) is 4.68 Å². The van der Waals surface area contributed by atoms with E-state index in [0.29, 0.717) is 12.3 Å². The van der Waals surface area contributed by atoms with Gasteiger partial charge in [0.15, 0.2) is 5.96 Å². The Labute approximate surface area is 159 Å². The molecule has 1 aromatic heterocycles. The standard InChI is InChI=1S/C15H29N5OS.HI/c1-7-16-14(17-8-9-22(21)15(2,3)4)19(5)11-13-10-18-20(6)12-13;/h10,12H,7-9,11H2,1-6H3,(H,16,17);1H. The highest BCUT2D eigenvalue weighted by atomic mass is 127. The summed E-state index contributed by atoms with van der Waals surface area (Å²) in [6.45, 7) is 10.1. The fourth-order valence-corrected chi connectivity index (χ4v) is 2.78. The number of guanidine groups is 1. The molecular weight excluding hydrogens is 425 g/mol. The van der Waals surface area contributed by atoms with Crippen LogP contribution in [0, 0.1) is 0 Å². The van der Waals surface area contributed by atoms with Gasteiger partial charge in [0.1, 0.15) is 0 Å². The van der Waals surface area contributed by atoms with Gasteiger partial charge < -0.3 is 10.2 Å². The first-order valence-corrected chi connectivity index (χ1v) is 8.91. The van der Waals surface area contributed by atoms with E-state index < -0.39 is 10.8 Å². The largest absolute Gasteiger partial charge is 0.357 e. The summed E-state index contributed by atoms with van der Waals surface area (Å²) in [4.78, 5) is 6.64. The second kappa shape index (κ2) is 10.3. The van der Waals surface area contributed by atoms with E-state index in [4.69, 9.17) is 0 Å². The van der Waals surface area contributed by atoms with Gasteiger partial charge in [-0.1, -0.05) is 0 Å². The Morgan fingerprint density at radius 1 is 1.48 bits per heavy atom. The molecule has 0 radical (unpaired) electrons. The Hall–Kier alpha value is -0.640. The van der Waals surface area contributed by atoms with Crippen LogP contribution in [0.15, 0.2) is 17.4 Å². The number of aromatic nitrogens is 2. The number of nitrogens with one attached hydrogen (secondary N) is 1. The highest BCUT2D eigenvalue weighted by Crippen LogP contribution is 2.11. The third-order valence-corrected chi connectivity index (χ3v) is 5.02. The summed E-state index contributed by atoms with van der Waals surface area (Å²) >= 11 is 0. The minimum Gasteiger partial charge on any atom is -0.357 e. The number of hydrogen-bond acceptors (Lipinski definition) is 3. The molecule has 23 heavy (non-hydrogen) atoms. The molecule has 0 amide bonds. The molecule has 0 saturated heterocycles. The Kier molecular flexibility index (Phi) is 9.99. The lowest BCUT2D eigenvalue weighted by Gasteiger charge is -2.22. The van der Waals surface area contributed by atoms with E-state index in [2.05, 4.69) is 20.3 Å². The van der Waals surface area contributed by atoms with Crippen LogP contribution in [0.3, 0.4) is 0 Å². The number of nitrogens with zero attached hydrogens (tertiary/aromatic N) is 4. The van der Waals surface area contributed by atoms with E-state index in [-0.39, 0.29) is 28.7 Å². The zero-order valence-corrected chi connectivity index (χ0v) is 18.1. The van der Waals surface area contributed by atoms with Crippen LogP contribution in [0.2, 0.25) is 0 Å². The van der Waals surface area contributed by atoms with Crippen molar-refractivity contribution in [1.29, 1.82) is 0 Å². The average Bonchev–Trinajstić information content (AvgIpc) is 2.81. The van der Waals surface area contributed by atoms with Crippen molar-refractivity contribution in [3.8, 4) is 0 Å². The van der Waals surface area contributed by atoms with Crippen LogP contribution >= 0.6 is 24.0 Å². The van der Waals surface area contributed by atoms with E-state index in [0.717, 1.165) is 24.6 Å². The molecule has 0 aliphatic carbocycles. The highest BCUT2D eigenvalue weighted by Gasteiger charge is 2.18. The summed E-state index contributed by atoms with van der Waals surface area (Å²) in [6, 6.07) is 0. The van der Waals surface area contributed by atoms with Gasteiger partial charge in [-0.05, 0) is 27.7 Å². The molecule has 6 nitrogen and oxygen atoms in total. The zero-order valence-electron chi connectivity index (χ0n) is 15.0. The summed E-state index contributed by atoms with van der Waals surface area (Å²) in [7, 11) is 3.03. The third kappa shape index (κ3) is 8.14. The SMILES string of the molecule is CCNC(=NCCS(=O)C(C)(C)C)N(C)Cc1cnn(C)c1.I. The molecule has 0 bridgehead atoms. The number of hydrogen-bond donors (Lipinski definition) is 1.